The van der Waals surface area contributed by atoms with E-state index in [0.29, 0.717) is 29.4 Å². The molecule has 7 heteroatoms. The Morgan fingerprint density at radius 2 is 1.97 bits per heavy atom. The summed E-state index contributed by atoms with van der Waals surface area (Å²) in [5.74, 6) is 0.721. The summed E-state index contributed by atoms with van der Waals surface area (Å²) in [7, 11) is 3.91. The quantitative estimate of drug-likeness (QED) is 0.526. The summed E-state index contributed by atoms with van der Waals surface area (Å²) < 4.78 is 7.81. The van der Waals surface area contributed by atoms with Gasteiger partial charge in [-0.1, -0.05) is 35.9 Å². The van der Waals surface area contributed by atoms with Crippen LogP contribution < -0.4 is 15.8 Å². The lowest BCUT2D eigenvalue weighted by atomic mass is 10.1. The van der Waals surface area contributed by atoms with E-state index >= 15 is 0 Å². The number of benzene rings is 2. The Labute approximate surface area is 200 Å². The molecule has 0 unspecified atom stereocenters. The van der Waals surface area contributed by atoms with E-state index < -0.39 is 0 Å². The zero-order chi connectivity index (χ0) is 23.7. The normalized spacial score (nSPS) is 17.2. The summed E-state index contributed by atoms with van der Waals surface area (Å²) in [5, 5.41) is 4.12. The van der Waals surface area contributed by atoms with Gasteiger partial charge >= 0.3 is 0 Å². The van der Waals surface area contributed by atoms with Crippen molar-refractivity contribution < 1.29 is 4.74 Å². The molecule has 0 aliphatic heterocycles. The second-order valence-electron chi connectivity index (χ2n) is 8.52. The van der Waals surface area contributed by atoms with Gasteiger partial charge in [0, 0.05) is 44.9 Å². The van der Waals surface area contributed by atoms with E-state index in [1.807, 2.05) is 64.0 Å². The first-order chi connectivity index (χ1) is 15.8. The molecule has 0 fully saturated rings. The molecule has 1 aliphatic rings. The molecule has 1 N–H and O–H groups in total. The van der Waals surface area contributed by atoms with Crippen LogP contribution in [-0.2, 0) is 17.7 Å². The lowest BCUT2D eigenvalue weighted by Gasteiger charge is -2.26. The Morgan fingerprint density at radius 3 is 2.64 bits per heavy atom. The van der Waals surface area contributed by atoms with Crippen molar-refractivity contribution in [2.75, 3.05) is 30.9 Å². The third-order valence-electron chi connectivity index (χ3n) is 6.24. The van der Waals surface area contributed by atoms with Crippen LogP contribution in [0.25, 0.3) is 11.3 Å². The Kier molecular flexibility index (Phi) is 6.77. The van der Waals surface area contributed by atoms with Crippen molar-refractivity contribution >= 4 is 23.1 Å². The minimum Gasteiger partial charge on any atom is -0.378 e. The molecule has 6 nitrogen and oxygen atoms in total. The van der Waals surface area contributed by atoms with E-state index in [1.54, 1.807) is 4.57 Å². The van der Waals surface area contributed by atoms with Gasteiger partial charge in [0.15, 0.2) is 0 Å². The molecule has 2 atom stereocenters. The molecule has 0 radical (unpaired) electrons. The molecule has 0 saturated heterocycles. The van der Waals surface area contributed by atoms with Crippen molar-refractivity contribution in [1.29, 1.82) is 0 Å². The zero-order valence-corrected chi connectivity index (χ0v) is 20.6. The van der Waals surface area contributed by atoms with Crippen LogP contribution in [0.1, 0.15) is 36.7 Å². The number of nitrogens with zero attached hydrogens (tertiary/aromatic N) is 3. The zero-order valence-electron chi connectivity index (χ0n) is 19.9. The summed E-state index contributed by atoms with van der Waals surface area (Å²) >= 11 is 6.57. The SMILES string of the molecule is CCO[C@H]1Cc2ccccc2[C@H]1Nc1c(C)nc(-c2ccc(N(C)C)cc2Cl)c(=O)n1CC. The minimum absolute atomic E-state index is 0.0000861. The van der Waals surface area contributed by atoms with Gasteiger partial charge in [-0.05, 0) is 50.1 Å². The maximum Gasteiger partial charge on any atom is 0.278 e. The Morgan fingerprint density at radius 1 is 1.21 bits per heavy atom. The first kappa shape index (κ1) is 23.3. The molecular weight excluding hydrogens is 436 g/mol. The second-order valence-corrected chi connectivity index (χ2v) is 8.93. The predicted molar refractivity (Wildman–Crippen MR) is 136 cm³/mol. The molecule has 4 rings (SSSR count). The topological polar surface area (TPSA) is 59.4 Å². The van der Waals surface area contributed by atoms with Gasteiger partial charge in [-0.25, -0.2) is 4.98 Å². The lowest BCUT2D eigenvalue weighted by molar-refractivity contribution is 0.0572. The minimum atomic E-state index is -0.163. The lowest BCUT2D eigenvalue weighted by Crippen LogP contribution is -2.31. The summed E-state index contributed by atoms with van der Waals surface area (Å²) in [6.45, 7) is 7.05. The first-order valence-corrected chi connectivity index (χ1v) is 11.8. The number of hydrogen-bond donors (Lipinski definition) is 1. The van der Waals surface area contributed by atoms with Crippen molar-refractivity contribution in [2.45, 2.75) is 45.9 Å². The van der Waals surface area contributed by atoms with Crippen LogP contribution >= 0.6 is 11.6 Å². The third-order valence-corrected chi connectivity index (χ3v) is 6.55. The summed E-state index contributed by atoms with van der Waals surface area (Å²) in [5.41, 5.74) is 5.04. The highest BCUT2D eigenvalue weighted by Crippen LogP contribution is 2.37. The van der Waals surface area contributed by atoms with Gasteiger partial charge in [0.05, 0.1) is 22.9 Å². The standard InChI is InChI=1S/C26H31ClN4O2/c1-6-31-25(29-23-19-11-9-8-10-17(19)14-22(23)33-7-2)16(3)28-24(26(31)32)20-13-12-18(30(4)5)15-21(20)27/h8-13,15,22-23,29H,6-7,14H2,1-5H3/t22-,23+/m0/s1. The molecule has 1 heterocycles. The average Bonchev–Trinajstić information content (AvgIpc) is 3.13. The second kappa shape index (κ2) is 9.57. The Hall–Kier alpha value is -2.83. The van der Waals surface area contributed by atoms with Crippen molar-refractivity contribution in [2.24, 2.45) is 0 Å². The molecule has 0 amide bonds. The number of halogens is 1. The van der Waals surface area contributed by atoms with Crippen molar-refractivity contribution in [3.8, 4) is 11.3 Å². The van der Waals surface area contributed by atoms with E-state index in [9.17, 15) is 4.79 Å². The van der Waals surface area contributed by atoms with E-state index in [2.05, 4.69) is 23.5 Å². The highest BCUT2D eigenvalue weighted by molar-refractivity contribution is 6.33. The average molecular weight is 467 g/mol. The van der Waals surface area contributed by atoms with Crippen molar-refractivity contribution in [3.05, 3.63) is 74.7 Å². The van der Waals surface area contributed by atoms with Gasteiger partial charge in [0.25, 0.3) is 5.56 Å². The Balaban J connectivity index is 1.77. The molecule has 0 saturated carbocycles. The van der Waals surface area contributed by atoms with Gasteiger partial charge in [0.2, 0.25) is 0 Å². The molecule has 1 aliphatic carbocycles. The summed E-state index contributed by atoms with van der Waals surface area (Å²) in [6.07, 6.45) is 0.844. The van der Waals surface area contributed by atoms with Gasteiger partial charge in [0.1, 0.15) is 11.5 Å². The van der Waals surface area contributed by atoms with Crippen molar-refractivity contribution in [1.82, 2.24) is 9.55 Å². The summed E-state index contributed by atoms with van der Waals surface area (Å²) in [6, 6.07) is 14.0. The highest BCUT2D eigenvalue weighted by Gasteiger charge is 2.34. The smallest absolute Gasteiger partial charge is 0.278 e. The molecular formula is C26H31ClN4O2. The first-order valence-electron chi connectivity index (χ1n) is 11.4. The van der Waals surface area contributed by atoms with Crippen LogP contribution in [0.3, 0.4) is 0 Å². The maximum atomic E-state index is 13.5. The molecule has 2 aromatic carbocycles. The molecule has 3 aromatic rings. The molecule has 33 heavy (non-hydrogen) atoms. The van der Waals surface area contributed by atoms with E-state index in [4.69, 9.17) is 21.3 Å². The Bertz CT molecular complexity index is 1220. The number of hydrogen-bond acceptors (Lipinski definition) is 5. The fourth-order valence-electron chi connectivity index (χ4n) is 4.57. The van der Waals surface area contributed by atoms with E-state index in [-0.39, 0.29) is 17.7 Å². The molecule has 174 valence electrons. The van der Waals surface area contributed by atoms with Gasteiger partial charge in [-0.15, -0.1) is 0 Å². The van der Waals surface area contributed by atoms with Crippen LogP contribution in [0.15, 0.2) is 47.3 Å². The van der Waals surface area contributed by atoms with Crippen LogP contribution in [0.2, 0.25) is 5.02 Å². The third kappa shape index (κ3) is 4.37. The summed E-state index contributed by atoms with van der Waals surface area (Å²) in [4.78, 5) is 20.2. The molecule has 0 bridgehead atoms. The number of fused-ring (bicyclic) bond motifs is 1. The van der Waals surface area contributed by atoms with Crippen LogP contribution in [0.4, 0.5) is 11.5 Å². The highest BCUT2D eigenvalue weighted by atomic mass is 35.5. The molecule has 1 aromatic heterocycles. The van der Waals surface area contributed by atoms with Crippen LogP contribution in [0.5, 0.6) is 0 Å². The predicted octanol–water partition coefficient (Wildman–Crippen LogP) is 5.07. The fourth-order valence-corrected chi connectivity index (χ4v) is 4.84. The van der Waals surface area contributed by atoms with E-state index in [1.165, 1.54) is 11.1 Å². The van der Waals surface area contributed by atoms with Crippen LogP contribution in [-0.4, -0.2) is 36.4 Å². The van der Waals surface area contributed by atoms with Gasteiger partial charge in [-0.3, -0.25) is 9.36 Å². The van der Waals surface area contributed by atoms with E-state index in [0.717, 1.165) is 23.6 Å². The fraction of sp³-hybridized carbons (Fsp3) is 0.385. The number of aromatic nitrogens is 2. The van der Waals surface area contributed by atoms with Gasteiger partial charge < -0.3 is 15.0 Å². The monoisotopic (exact) mass is 466 g/mol. The number of aryl methyl sites for hydroxylation is 1. The number of nitrogens with one attached hydrogen (secondary N) is 1. The van der Waals surface area contributed by atoms with Gasteiger partial charge in [-0.2, -0.15) is 0 Å². The number of ether oxygens (including phenoxy) is 1. The number of rotatable bonds is 7. The maximum absolute atomic E-state index is 13.5. The number of anilines is 2. The largest absolute Gasteiger partial charge is 0.378 e. The van der Waals surface area contributed by atoms with Crippen LogP contribution in [0, 0.1) is 6.92 Å². The van der Waals surface area contributed by atoms with Crippen molar-refractivity contribution in [3.63, 3.8) is 0 Å². The molecule has 0 spiro atoms.